The van der Waals surface area contributed by atoms with E-state index in [1.807, 2.05) is 0 Å². The van der Waals surface area contributed by atoms with Crippen molar-refractivity contribution in [1.82, 2.24) is 0 Å². The second kappa shape index (κ2) is 2.77. The van der Waals surface area contributed by atoms with Crippen molar-refractivity contribution >= 4 is 5.97 Å². The molecule has 1 N–H and O–H groups in total. The molecule has 0 aliphatic rings. The molecule has 0 radical (unpaired) electrons. The molecule has 0 aromatic rings. The summed E-state index contributed by atoms with van der Waals surface area (Å²) in [5.41, 5.74) is -2.26. The lowest BCUT2D eigenvalue weighted by molar-refractivity contribution is -0.156. The van der Waals surface area contributed by atoms with Crippen LogP contribution in [0.25, 0.3) is 0 Å². The van der Waals surface area contributed by atoms with Crippen LogP contribution in [0.2, 0.25) is 0 Å². The van der Waals surface area contributed by atoms with E-state index in [0.717, 1.165) is 14.0 Å². The zero-order valence-corrected chi connectivity index (χ0v) is 5.35. The molecule has 1 unspecified atom stereocenters. The number of esters is 1. The first-order chi connectivity index (χ1) is 4.04. The number of carbonyl (C=O) groups excluding carboxylic acids is 1. The maximum atomic E-state index is 12.5. The lowest BCUT2D eigenvalue weighted by Crippen LogP contribution is -2.35. The fourth-order valence-electron chi connectivity index (χ4n) is 0.277. The molecular weight excluding hydrogens is 127 g/mol. The predicted octanol–water partition coefficient (Wildman–Crippen LogP) is -0.120. The van der Waals surface area contributed by atoms with E-state index in [1.54, 1.807) is 0 Å². The first-order valence-electron chi connectivity index (χ1n) is 2.43. The van der Waals surface area contributed by atoms with Gasteiger partial charge in [0.05, 0.1) is 13.7 Å². The molecular formula is C5H9FO3. The number of methoxy groups -OCH3 is 1. The number of carbonyl (C=O) groups is 1. The minimum atomic E-state index is -2.26. The second-order valence-corrected chi connectivity index (χ2v) is 1.85. The first kappa shape index (κ1) is 8.36. The third-order valence-corrected chi connectivity index (χ3v) is 0.908. The molecule has 0 aromatic carbocycles. The molecule has 0 spiro atoms. The minimum absolute atomic E-state index is 0.848. The molecule has 0 saturated heterocycles. The summed E-state index contributed by atoms with van der Waals surface area (Å²) in [5, 5.41) is 8.22. The van der Waals surface area contributed by atoms with E-state index in [-0.39, 0.29) is 0 Å². The summed E-state index contributed by atoms with van der Waals surface area (Å²) in [5.74, 6) is -1.05. The Morgan fingerprint density at radius 2 is 2.33 bits per heavy atom. The van der Waals surface area contributed by atoms with Crippen LogP contribution in [0.4, 0.5) is 4.39 Å². The number of aliphatic hydroxyl groups excluding tert-OH is 1. The molecule has 0 aliphatic heterocycles. The molecule has 4 heteroatoms. The Kier molecular flexibility index (Phi) is 2.58. The van der Waals surface area contributed by atoms with Crippen LogP contribution in [-0.4, -0.2) is 30.5 Å². The van der Waals surface area contributed by atoms with Gasteiger partial charge in [-0.2, -0.15) is 0 Å². The van der Waals surface area contributed by atoms with E-state index in [9.17, 15) is 9.18 Å². The predicted molar refractivity (Wildman–Crippen MR) is 28.6 cm³/mol. The van der Waals surface area contributed by atoms with Gasteiger partial charge in [0.2, 0.25) is 5.67 Å². The van der Waals surface area contributed by atoms with Crippen LogP contribution < -0.4 is 0 Å². The van der Waals surface area contributed by atoms with Crippen molar-refractivity contribution in [2.45, 2.75) is 12.6 Å². The van der Waals surface area contributed by atoms with Gasteiger partial charge in [0.1, 0.15) is 0 Å². The smallest absolute Gasteiger partial charge is 0.345 e. The zero-order chi connectivity index (χ0) is 7.49. The standard InChI is InChI=1S/C5H9FO3/c1-5(6,3-7)4(8)9-2/h7H,3H2,1-2H3. The molecule has 0 rings (SSSR count). The van der Waals surface area contributed by atoms with Gasteiger partial charge in [0, 0.05) is 0 Å². The highest BCUT2D eigenvalue weighted by Gasteiger charge is 2.32. The van der Waals surface area contributed by atoms with Crippen molar-refractivity contribution < 1.29 is 19.0 Å². The van der Waals surface area contributed by atoms with Crippen LogP contribution in [0, 0.1) is 0 Å². The first-order valence-corrected chi connectivity index (χ1v) is 2.43. The fourth-order valence-corrected chi connectivity index (χ4v) is 0.277. The fraction of sp³-hybridized carbons (Fsp3) is 0.800. The van der Waals surface area contributed by atoms with E-state index in [0.29, 0.717) is 0 Å². The van der Waals surface area contributed by atoms with Gasteiger partial charge in [0.25, 0.3) is 0 Å². The minimum Gasteiger partial charge on any atom is -0.467 e. The van der Waals surface area contributed by atoms with E-state index in [4.69, 9.17) is 5.11 Å². The Labute approximate surface area is 52.4 Å². The normalized spacial score (nSPS) is 16.4. The van der Waals surface area contributed by atoms with Crippen molar-refractivity contribution in [2.24, 2.45) is 0 Å². The lowest BCUT2D eigenvalue weighted by Gasteiger charge is -2.12. The Morgan fingerprint density at radius 3 is 2.44 bits per heavy atom. The van der Waals surface area contributed by atoms with E-state index in [2.05, 4.69) is 4.74 Å². The van der Waals surface area contributed by atoms with Crippen molar-refractivity contribution in [3.63, 3.8) is 0 Å². The highest BCUT2D eigenvalue weighted by atomic mass is 19.1. The SMILES string of the molecule is COC(=O)C(C)(F)CO. The van der Waals surface area contributed by atoms with Gasteiger partial charge in [-0.15, -0.1) is 0 Å². The summed E-state index contributed by atoms with van der Waals surface area (Å²) < 4.78 is 16.5. The second-order valence-electron chi connectivity index (χ2n) is 1.85. The van der Waals surface area contributed by atoms with Crippen LogP contribution in [0.5, 0.6) is 0 Å². The summed E-state index contributed by atoms with van der Waals surface area (Å²) in [7, 11) is 1.07. The summed E-state index contributed by atoms with van der Waals surface area (Å²) in [6, 6.07) is 0. The molecule has 0 saturated carbocycles. The Balaban J connectivity index is 3.97. The number of hydrogen-bond donors (Lipinski definition) is 1. The van der Waals surface area contributed by atoms with Crippen molar-refractivity contribution in [3.05, 3.63) is 0 Å². The van der Waals surface area contributed by atoms with Crippen LogP contribution in [0.15, 0.2) is 0 Å². The average Bonchev–Trinajstić information content (AvgIpc) is 1.86. The number of ether oxygens (including phenoxy) is 1. The number of halogens is 1. The summed E-state index contributed by atoms with van der Waals surface area (Å²) in [6.07, 6.45) is 0. The number of alkyl halides is 1. The number of rotatable bonds is 2. The quantitative estimate of drug-likeness (QED) is 0.538. The van der Waals surface area contributed by atoms with Crippen molar-refractivity contribution in [2.75, 3.05) is 13.7 Å². The molecule has 54 valence electrons. The van der Waals surface area contributed by atoms with E-state index in [1.165, 1.54) is 0 Å². The van der Waals surface area contributed by atoms with Crippen LogP contribution in [0.1, 0.15) is 6.92 Å². The molecule has 0 bridgehead atoms. The van der Waals surface area contributed by atoms with Gasteiger partial charge in [-0.05, 0) is 6.92 Å². The van der Waals surface area contributed by atoms with Gasteiger partial charge >= 0.3 is 5.97 Å². The van der Waals surface area contributed by atoms with Crippen LogP contribution in [-0.2, 0) is 9.53 Å². The van der Waals surface area contributed by atoms with Gasteiger partial charge in [-0.3, -0.25) is 0 Å². The monoisotopic (exact) mass is 136 g/mol. The number of aliphatic hydroxyl groups is 1. The number of hydrogen-bond acceptors (Lipinski definition) is 3. The molecule has 1 atom stereocenters. The molecule has 0 heterocycles. The van der Waals surface area contributed by atoms with E-state index < -0.39 is 18.2 Å². The van der Waals surface area contributed by atoms with Gasteiger partial charge in [-0.25, -0.2) is 9.18 Å². The Bertz CT molecular complexity index is 111. The average molecular weight is 136 g/mol. The van der Waals surface area contributed by atoms with Gasteiger partial charge in [-0.1, -0.05) is 0 Å². The maximum Gasteiger partial charge on any atom is 0.345 e. The maximum absolute atomic E-state index is 12.5. The highest BCUT2D eigenvalue weighted by molar-refractivity contribution is 5.78. The molecule has 0 fully saturated rings. The Hall–Kier alpha value is -0.640. The molecule has 0 aromatic heterocycles. The third-order valence-electron chi connectivity index (χ3n) is 0.908. The summed E-state index contributed by atoms with van der Waals surface area (Å²) in [4.78, 5) is 10.3. The third kappa shape index (κ3) is 1.97. The summed E-state index contributed by atoms with van der Waals surface area (Å²) >= 11 is 0. The topological polar surface area (TPSA) is 46.5 Å². The molecule has 0 aliphatic carbocycles. The molecule has 0 amide bonds. The highest BCUT2D eigenvalue weighted by Crippen LogP contribution is 2.09. The van der Waals surface area contributed by atoms with E-state index >= 15 is 0 Å². The van der Waals surface area contributed by atoms with Gasteiger partial charge < -0.3 is 9.84 Å². The lowest BCUT2D eigenvalue weighted by atomic mass is 10.1. The Morgan fingerprint density at radius 1 is 1.89 bits per heavy atom. The largest absolute Gasteiger partial charge is 0.467 e. The van der Waals surface area contributed by atoms with Crippen molar-refractivity contribution in [3.8, 4) is 0 Å². The zero-order valence-electron chi connectivity index (χ0n) is 5.35. The van der Waals surface area contributed by atoms with Crippen LogP contribution >= 0.6 is 0 Å². The van der Waals surface area contributed by atoms with Crippen LogP contribution in [0.3, 0.4) is 0 Å². The molecule has 9 heavy (non-hydrogen) atoms. The van der Waals surface area contributed by atoms with Gasteiger partial charge in [0.15, 0.2) is 0 Å². The summed E-state index contributed by atoms with van der Waals surface area (Å²) in [6.45, 7) is 0.110. The van der Waals surface area contributed by atoms with Crippen molar-refractivity contribution in [1.29, 1.82) is 0 Å². The molecule has 3 nitrogen and oxygen atoms in total.